The van der Waals surface area contributed by atoms with E-state index in [4.69, 9.17) is 5.11 Å². The van der Waals surface area contributed by atoms with Crippen molar-refractivity contribution >= 4 is 6.29 Å². The molecule has 0 aromatic rings. The SMILES string of the molecule is C=C/C=C(/C=O)C(=C)O.CC. The van der Waals surface area contributed by atoms with E-state index >= 15 is 0 Å². The van der Waals surface area contributed by atoms with Crippen LogP contribution in [0.25, 0.3) is 0 Å². The summed E-state index contributed by atoms with van der Waals surface area (Å²) >= 11 is 0. The van der Waals surface area contributed by atoms with E-state index in [0.29, 0.717) is 6.29 Å². The summed E-state index contributed by atoms with van der Waals surface area (Å²) in [5, 5.41) is 8.60. The minimum atomic E-state index is -0.232. The largest absolute Gasteiger partial charge is 0.508 e. The van der Waals surface area contributed by atoms with E-state index in [-0.39, 0.29) is 11.3 Å². The van der Waals surface area contributed by atoms with Crippen LogP contribution in [0.3, 0.4) is 0 Å². The van der Waals surface area contributed by atoms with E-state index < -0.39 is 0 Å². The lowest BCUT2D eigenvalue weighted by atomic mass is 10.2. The van der Waals surface area contributed by atoms with Crippen molar-refractivity contribution < 1.29 is 9.90 Å². The predicted molar refractivity (Wildman–Crippen MR) is 47.5 cm³/mol. The molecule has 2 nitrogen and oxygen atoms in total. The number of rotatable bonds is 3. The van der Waals surface area contributed by atoms with Gasteiger partial charge in [-0.2, -0.15) is 0 Å². The molecule has 0 bridgehead atoms. The third-order valence-corrected chi connectivity index (χ3v) is 0.758. The van der Waals surface area contributed by atoms with Crippen LogP contribution in [0.4, 0.5) is 0 Å². The number of hydrogen-bond donors (Lipinski definition) is 1. The van der Waals surface area contributed by atoms with Crippen LogP contribution >= 0.6 is 0 Å². The van der Waals surface area contributed by atoms with Crippen molar-refractivity contribution in [3.8, 4) is 0 Å². The molecule has 62 valence electrons. The highest BCUT2D eigenvalue weighted by Crippen LogP contribution is 1.98. The summed E-state index contributed by atoms with van der Waals surface area (Å²) in [6.45, 7) is 10.5. The Labute approximate surface area is 67.6 Å². The normalized spacial score (nSPS) is 9.09. The number of aliphatic hydroxyl groups excluding tert-OH is 1. The maximum atomic E-state index is 10.00. The molecule has 0 atom stereocenters. The number of aliphatic hydroxyl groups is 1. The summed E-state index contributed by atoms with van der Waals surface area (Å²) < 4.78 is 0. The monoisotopic (exact) mass is 154 g/mol. The van der Waals surface area contributed by atoms with Crippen molar-refractivity contribution in [1.29, 1.82) is 0 Å². The Balaban J connectivity index is 0. The molecule has 0 radical (unpaired) electrons. The van der Waals surface area contributed by atoms with Crippen molar-refractivity contribution in [3.05, 3.63) is 36.6 Å². The van der Waals surface area contributed by atoms with Crippen LogP contribution in [0, 0.1) is 0 Å². The fourth-order valence-electron chi connectivity index (χ4n) is 0.330. The molecule has 11 heavy (non-hydrogen) atoms. The number of carbonyl (C=O) groups is 1. The maximum absolute atomic E-state index is 10.00. The highest BCUT2D eigenvalue weighted by Gasteiger charge is 1.93. The van der Waals surface area contributed by atoms with Gasteiger partial charge >= 0.3 is 0 Å². The Morgan fingerprint density at radius 2 is 1.91 bits per heavy atom. The summed E-state index contributed by atoms with van der Waals surface area (Å²) in [6.07, 6.45) is 3.31. The smallest absolute Gasteiger partial charge is 0.153 e. The molecule has 0 unspecified atom stereocenters. The second-order valence-corrected chi connectivity index (χ2v) is 1.42. The van der Waals surface area contributed by atoms with Crippen molar-refractivity contribution in [2.24, 2.45) is 0 Å². The topological polar surface area (TPSA) is 37.3 Å². The van der Waals surface area contributed by atoms with Gasteiger partial charge in [-0.1, -0.05) is 33.1 Å². The molecule has 0 saturated heterocycles. The summed E-state index contributed by atoms with van der Waals surface area (Å²) in [4.78, 5) is 10.00. The summed E-state index contributed by atoms with van der Waals surface area (Å²) in [5.41, 5.74) is 0.157. The van der Waals surface area contributed by atoms with Gasteiger partial charge in [-0.05, 0) is 6.08 Å². The van der Waals surface area contributed by atoms with Crippen LogP contribution in [-0.4, -0.2) is 11.4 Å². The average Bonchev–Trinajstić information content (AvgIpc) is 2.03. The third-order valence-electron chi connectivity index (χ3n) is 0.758. The van der Waals surface area contributed by atoms with Crippen LogP contribution in [0.2, 0.25) is 0 Å². The Hall–Kier alpha value is -1.31. The first-order chi connectivity index (χ1) is 5.22. The third kappa shape index (κ3) is 6.58. The maximum Gasteiger partial charge on any atom is 0.153 e. The first-order valence-electron chi connectivity index (χ1n) is 3.38. The Bertz CT molecular complexity index is 166. The molecule has 0 aromatic heterocycles. The van der Waals surface area contributed by atoms with Gasteiger partial charge in [0.2, 0.25) is 0 Å². The van der Waals surface area contributed by atoms with E-state index in [1.54, 1.807) is 0 Å². The van der Waals surface area contributed by atoms with Gasteiger partial charge in [0.05, 0.1) is 5.57 Å². The van der Waals surface area contributed by atoms with Crippen LogP contribution in [-0.2, 0) is 4.79 Å². The predicted octanol–water partition coefficient (Wildman–Crippen LogP) is 2.40. The van der Waals surface area contributed by atoms with Gasteiger partial charge in [-0.15, -0.1) is 0 Å². The quantitative estimate of drug-likeness (QED) is 0.293. The molecule has 0 spiro atoms. The second-order valence-electron chi connectivity index (χ2n) is 1.42. The van der Waals surface area contributed by atoms with E-state index in [1.807, 2.05) is 13.8 Å². The number of carbonyl (C=O) groups excluding carboxylic acids is 1. The fraction of sp³-hybridized carbons (Fsp3) is 0.222. The zero-order valence-electron chi connectivity index (χ0n) is 7.00. The highest BCUT2D eigenvalue weighted by atomic mass is 16.3. The lowest BCUT2D eigenvalue weighted by Gasteiger charge is -1.90. The van der Waals surface area contributed by atoms with Gasteiger partial charge in [0, 0.05) is 0 Å². The van der Waals surface area contributed by atoms with Crippen molar-refractivity contribution in [2.75, 3.05) is 0 Å². The molecule has 0 heterocycles. The number of aldehydes is 1. The van der Waals surface area contributed by atoms with Gasteiger partial charge < -0.3 is 5.11 Å². The lowest BCUT2D eigenvalue weighted by Crippen LogP contribution is -1.86. The lowest BCUT2D eigenvalue weighted by molar-refractivity contribution is -0.104. The van der Waals surface area contributed by atoms with E-state index in [1.165, 1.54) is 12.2 Å². The molecule has 0 rings (SSSR count). The van der Waals surface area contributed by atoms with Gasteiger partial charge in [0.1, 0.15) is 5.76 Å². The van der Waals surface area contributed by atoms with Crippen LogP contribution in [0.15, 0.2) is 36.6 Å². The van der Waals surface area contributed by atoms with Crippen LogP contribution < -0.4 is 0 Å². The number of hydrogen-bond acceptors (Lipinski definition) is 2. The molecule has 0 saturated carbocycles. The molecule has 0 fully saturated rings. The molecule has 0 amide bonds. The van der Waals surface area contributed by atoms with Gasteiger partial charge in [-0.25, -0.2) is 0 Å². The zero-order valence-corrected chi connectivity index (χ0v) is 7.00. The molecular formula is C9H14O2. The first-order valence-corrected chi connectivity index (χ1v) is 3.38. The second kappa shape index (κ2) is 8.69. The fourth-order valence-corrected chi connectivity index (χ4v) is 0.330. The van der Waals surface area contributed by atoms with Gasteiger partial charge in [0.25, 0.3) is 0 Å². The van der Waals surface area contributed by atoms with Crippen LogP contribution in [0.5, 0.6) is 0 Å². The number of allylic oxidation sites excluding steroid dienone is 3. The summed E-state index contributed by atoms with van der Waals surface area (Å²) in [6, 6.07) is 0. The van der Waals surface area contributed by atoms with Gasteiger partial charge in [0.15, 0.2) is 6.29 Å². The first kappa shape index (κ1) is 12.4. The van der Waals surface area contributed by atoms with E-state index in [2.05, 4.69) is 13.2 Å². The van der Waals surface area contributed by atoms with Gasteiger partial charge in [-0.3, -0.25) is 4.79 Å². The zero-order chi connectivity index (χ0) is 9.28. The average molecular weight is 154 g/mol. The van der Waals surface area contributed by atoms with E-state index in [0.717, 1.165) is 0 Å². The Kier molecular flexibility index (Phi) is 9.78. The van der Waals surface area contributed by atoms with E-state index in [9.17, 15) is 4.79 Å². The molecule has 1 N–H and O–H groups in total. The minimum Gasteiger partial charge on any atom is -0.508 e. The molecule has 0 aliphatic carbocycles. The Morgan fingerprint density at radius 3 is 2.00 bits per heavy atom. The Morgan fingerprint density at radius 1 is 1.45 bits per heavy atom. The highest BCUT2D eigenvalue weighted by molar-refractivity contribution is 5.79. The molecular weight excluding hydrogens is 140 g/mol. The van der Waals surface area contributed by atoms with Crippen molar-refractivity contribution in [1.82, 2.24) is 0 Å². The standard InChI is InChI=1S/C7H8O2.C2H6/c1-3-4-7(5-8)6(2)9;1-2/h3-5,9H,1-2H2;1-2H3/b7-4-;. The molecule has 2 heteroatoms. The van der Waals surface area contributed by atoms with Crippen molar-refractivity contribution in [2.45, 2.75) is 13.8 Å². The van der Waals surface area contributed by atoms with Crippen LogP contribution in [0.1, 0.15) is 13.8 Å². The summed E-state index contributed by atoms with van der Waals surface area (Å²) in [5.74, 6) is -0.232. The molecule has 0 aliphatic heterocycles. The molecule has 0 aliphatic rings. The molecule has 0 aromatic carbocycles. The van der Waals surface area contributed by atoms with Crippen molar-refractivity contribution in [3.63, 3.8) is 0 Å². The summed E-state index contributed by atoms with van der Waals surface area (Å²) in [7, 11) is 0. The minimum absolute atomic E-state index is 0.157.